The Bertz CT molecular complexity index is 1040. The summed E-state index contributed by atoms with van der Waals surface area (Å²) in [6, 6.07) is 4.11. The molecule has 7 nitrogen and oxygen atoms in total. The van der Waals surface area contributed by atoms with Crippen molar-refractivity contribution in [1.82, 2.24) is 24.5 Å². The van der Waals surface area contributed by atoms with Crippen molar-refractivity contribution in [1.29, 1.82) is 0 Å². The molecule has 3 aromatic rings. The van der Waals surface area contributed by atoms with Crippen LogP contribution in [0.2, 0.25) is 5.02 Å². The van der Waals surface area contributed by atoms with Gasteiger partial charge in [0.2, 0.25) is 0 Å². The Kier molecular flexibility index (Phi) is 5.02. The summed E-state index contributed by atoms with van der Waals surface area (Å²) in [5.74, 6) is 0.294. The lowest BCUT2D eigenvalue weighted by Gasteiger charge is -2.34. The second-order valence-electron chi connectivity index (χ2n) is 8.60. The summed E-state index contributed by atoms with van der Waals surface area (Å²) >= 11 is 6.62. The first-order valence-corrected chi connectivity index (χ1v) is 10.2. The molecular weight excluding hydrogens is 390 g/mol. The van der Waals surface area contributed by atoms with E-state index in [2.05, 4.69) is 16.3 Å². The molecule has 0 unspecified atom stereocenters. The highest BCUT2D eigenvalue weighted by atomic mass is 35.5. The molecule has 0 aliphatic carbocycles. The zero-order valence-corrected chi connectivity index (χ0v) is 18.0. The quantitative estimate of drug-likeness (QED) is 0.616. The van der Waals surface area contributed by atoms with Gasteiger partial charge in [0, 0.05) is 30.5 Å². The molecule has 4 rings (SSSR count). The molecule has 1 aliphatic rings. The smallest absolute Gasteiger partial charge is 0.410 e. The van der Waals surface area contributed by atoms with Crippen LogP contribution in [-0.4, -0.2) is 49.2 Å². The van der Waals surface area contributed by atoms with Gasteiger partial charge in [0.05, 0.1) is 24.1 Å². The molecule has 0 saturated carbocycles. The van der Waals surface area contributed by atoms with Gasteiger partial charge < -0.3 is 9.64 Å². The number of carbonyl (C=O) groups is 1. The highest BCUT2D eigenvalue weighted by Crippen LogP contribution is 2.36. The Labute approximate surface area is 175 Å². The number of piperidine rings is 1. The second-order valence-corrected chi connectivity index (χ2v) is 9.01. The van der Waals surface area contributed by atoms with E-state index in [0.29, 0.717) is 19.0 Å². The lowest BCUT2D eigenvalue weighted by Crippen LogP contribution is -2.41. The number of likely N-dealkylation sites (tertiary alicyclic amines) is 1. The minimum absolute atomic E-state index is 0.243. The lowest BCUT2D eigenvalue weighted by molar-refractivity contribution is 0.0205. The van der Waals surface area contributed by atoms with E-state index in [1.54, 1.807) is 15.8 Å². The van der Waals surface area contributed by atoms with Gasteiger partial charge in [0.1, 0.15) is 11.3 Å². The summed E-state index contributed by atoms with van der Waals surface area (Å²) in [5, 5.41) is 10.5. The number of halogens is 1. The van der Waals surface area contributed by atoms with Gasteiger partial charge in [-0.05, 0) is 57.2 Å². The third-order valence-corrected chi connectivity index (χ3v) is 5.54. The molecule has 2 aromatic heterocycles. The number of ether oxygens (including phenoxy) is 1. The van der Waals surface area contributed by atoms with Crippen LogP contribution in [0.5, 0.6) is 0 Å². The normalized spacial score (nSPS) is 15.8. The van der Waals surface area contributed by atoms with Crippen LogP contribution in [0.1, 0.15) is 45.1 Å². The molecule has 8 heteroatoms. The maximum Gasteiger partial charge on any atom is 0.410 e. The number of hydrogen-bond acceptors (Lipinski definition) is 4. The van der Waals surface area contributed by atoms with Gasteiger partial charge >= 0.3 is 6.09 Å². The monoisotopic (exact) mass is 415 g/mol. The van der Waals surface area contributed by atoms with Gasteiger partial charge in [-0.2, -0.15) is 10.2 Å². The number of amides is 1. The van der Waals surface area contributed by atoms with Crippen molar-refractivity contribution < 1.29 is 9.53 Å². The molecule has 0 radical (unpaired) electrons. The first-order chi connectivity index (χ1) is 13.7. The van der Waals surface area contributed by atoms with Crippen LogP contribution >= 0.6 is 11.6 Å². The summed E-state index contributed by atoms with van der Waals surface area (Å²) in [5.41, 5.74) is 2.55. The molecular formula is C21H26ClN5O2. The largest absolute Gasteiger partial charge is 0.444 e. The van der Waals surface area contributed by atoms with Crippen LogP contribution in [0, 0.1) is 0 Å². The first-order valence-electron chi connectivity index (χ1n) is 9.85. The fraction of sp³-hybridized carbons (Fsp3) is 0.476. The van der Waals surface area contributed by atoms with Gasteiger partial charge in [0.25, 0.3) is 0 Å². The second kappa shape index (κ2) is 7.37. The average Bonchev–Trinajstić information content (AvgIpc) is 3.25. The number of carbonyl (C=O) groups excluding carboxylic acids is 1. The van der Waals surface area contributed by atoms with E-state index in [1.807, 2.05) is 51.0 Å². The van der Waals surface area contributed by atoms with Crippen molar-refractivity contribution in [2.45, 2.75) is 45.1 Å². The number of rotatable bonds is 2. The molecule has 0 spiro atoms. The fourth-order valence-electron chi connectivity index (χ4n) is 3.80. The molecule has 1 aromatic carbocycles. The SMILES string of the molecule is Cn1cc(-n2ncc3cc(Cl)c(C4CCN(C(=O)OC(C)(C)C)CC4)cc32)cn1. The number of fused-ring (bicyclic) bond motifs is 1. The van der Waals surface area contributed by atoms with Gasteiger partial charge in [-0.3, -0.25) is 4.68 Å². The molecule has 0 N–H and O–H groups in total. The van der Waals surface area contributed by atoms with E-state index >= 15 is 0 Å². The molecule has 0 bridgehead atoms. The standard InChI is InChI=1S/C21H26ClN5O2/c1-21(2,3)29-20(28)26-7-5-14(6-8-26)17-10-19-15(9-18(17)22)11-24-27(19)16-12-23-25(4)13-16/h9-14H,5-8H2,1-4H3. The van der Waals surface area contributed by atoms with Crippen molar-refractivity contribution >= 4 is 28.6 Å². The van der Waals surface area contributed by atoms with Crippen LogP contribution < -0.4 is 0 Å². The van der Waals surface area contributed by atoms with E-state index in [4.69, 9.17) is 16.3 Å². The number of hydrogen-bond donors (Lipinski definition) is 0. The van der Waals surface area contributed by atoms with Crippen LogP contribution in [0.4, 0.5) is 4.79 Å². The Balaban J connectivity index is 1.55. The highest BCUT2D eigenvalue weighted by molar-refractivity contribution is 6.32. The van der Waals surface area contributed by atoms with Gasteiger partial charge in [-0.15, -0.1) is 0 Å². The Hall–Kier alpha value is -2.54. The summed E-state index contributed by atoms with van der Waals surface area (Å²) in [6.45, 7) is 6.99. The van der Waals surface area contributed by atoms with Crippen molar-refractivity contribution in [3.05, 3.63) is 41.3 Å². The molecule has 1 fully saturated rings. The van der Waals surface area contributed by atoms with Crippen LogP contribution in [-0.2, 0) is 11.8 Å². The molecule has 3 heterocycles. The van der Waals surface area contributed by atoms with Gasteiger partial charge in [-0.1, -0.05) is 11.6 Å². The highest BCUT2D eigenvalue weighted by Gasteiger charge is 2.28. The minimum Gasteiger partial charge on any atom is -0.444 e. The third-order valence-electron chi connectivity index (χ3n) is 5.21. The van der Waals surface area contributed by atoms with Gasteiger partial charge in [0.15, 0.2) is 0 Å². The van der Waals surface area contributed by atoms with Crippen molar-refractivity contribution in [3.8, 4) is 5.69 Å². The van der Waals surface area contributed by atoms with Crippen LogP contribution in [0.15, 0.2) is 30.7 Å². The number of nitrogens with zero attached hydrogens (tertiary/aromatic N) is 5. The topological polar surface area (TPSA) is 65.2 Å². The molecule has 29 heavy (non-hydrogen) atoms. The van der Waals surface area contributed by atoms with E-state index in [9.17, 15) is 4.79 Å². The molecule has 1 amide bonds. The lowest BCUT2D eigenvalue weighted by atomic mass is 9.89. The van der Waals surface area contributed by atoms with E-state index in [1.165, 1.54) is 0 Å². The number of benzene rings is 1. The summed E-state index contributed by atoms with van der Waals surface area (Å²) < 4.78 is 9.14. The molecule has 1 saturated heterocycles. The zero-order valence-electron chi connectivity index (χ0n) is 17.2. The molecule has 154 valence electrons. The summed E-state index contributed by atoms with van der Waals surface area (Å²) in [6.07, 6.45) is 7.01. The summed E-state index contributed by atoms with van der Waals surface area (Å²) in [4.78, 5) is 14.1. The van der Waals surface area contributed by atoms with Crippen molar-refractivity contribution in [2.24, 2.45) is 7.05 Å². The predicted octanol–water partition coefficient (Wildman–Crippen LogP) is 4.53. The van der Waals surface area contributed by atoms with Crippen molar-refractivity contribution in [3.63, 3.8) is 0 Å². The maximum atomic E-state index is 12.3. The Morgan fingerprint density at radius 3 is 2.52 bits per heavy atom. The van der Waals surface area contributed by atoms with Gasteiger partial charge in [-0.25, -0.2) is 9.48 Å². The maximum absolute atomic E-state index is 12.3. The Morgan fingerprint density at radius 2 is 1.90 bits per heavy atom. The minimum atomic E-state index is -0.479. The van der Waals surface area contributed by atoms with Crippen LogP contribution in [0.3, 0.4) is 0 Å². The third kappa shape index (κ3) is 4.10. The van der Waals surface area contributed by atoms with E-state index in [-0.39, 0.29) is 6.09 Å². The predicted molar refractivity (Wildman–Crippen MR) is 113 cm³/mol. The molecule has 1 aliphatic heterocycles. The molecule has 0 atom stereocenters. The number of aryl methyl sites for hydroxylation is 1. The summed E-state index contributed by atoms with van der Waals surface area (Å²) in [7, 11) is 1.88. The van der Waals surface area contributed by atoms with Crippen LogP contribution in [0.25, 0.3) is 16.6 Å². The average molecular weight is 416 g/mol. The number of aromatic nitrogens is 4. The van der Waals surface area contributed by atoms with E-state index < -0.39 is 5.60 Å². The fourth-order valence-corrected chi connectivity index (χ4v) is 4.12. The zero-order chi connectivity index (χ0) is 20.8. The van der Waals surface area contributed by atoms with Crippen molar-refractivity contribution in [2.75, 3.05) is 13.1 Å². The first kappa shape index (κ1) is 19.8. The van der Waals surface area contributed by atoms with E-state index in [0.717, 1.165) is 40.0 Å². The Morgan fingerprint density at radius 1 is 1.17 bits per heavy atom.